The zero-order valence-electron chi connectivity index (χ0n) is 11.1. The third kappa shape index (κ3) is 3.22. The Morgan fingerprint density at radius 1 is 1.60 bits per heavy atom. The van der Waals surface area contributed by atoms with Crippen molar-refractivity contribution in [3.05, 3.63) is 33.9 Å². The SMILES string of the molecule is CC1(CNc2cc(C(=O)O)ccc2[N+](=O)[O-])CCCS1. The lowest BCUT2D eigenvalue weighted by atomic mass is 10.1. The van der Waals surface area contributed by atoms with Gasteiger partial charge >= 0.3 is 5.97 Å². The van der Waals surface area contributed by atoms with Crippen molar-refractivity contribution in [3.8, 4) is 0 Å². The lowest BCUT2D eigenvalue weighted by molar-refractivity contribution is -0.384. The van der Waals surface area contributed by atoms with Gasteiger partial charge in [0, 0.05) is 17.4 Å². The third-order valence-corrected chi connectivity index (χ3v) is 4.93. The summed E-state index contributed by atoms with van der Waals surface area (Å²) in [5.41, 5.74) is 0.215. The van der Waals surface area contributed by atoms with Crippen molar-refractivity contribution >= 4 is 29.1 Å². The van der Waals surface area contributed by atoms with Crippen LogP contribution in [-0.2, 0) is 0 Å². The molecule has 108 valence electrons. The molecule has 0 spiro atoms. The number of hydrogen-bond acceptors (Lipinski definition) is 5. The van der Waals surface area contributed by atoms with Crippen LogP contribution in [0.4, 0.5) is 11.4 Å². The van der Waals surface area contributed by atoms with Crippen molar-refractivity contribution in [2.24, 2.45) is 0 Å². The van der Waals surface area contributed by atoms with Crippen LogP contribution < -0.4 is 5.32 Å². The maximum absolute atomic E-state index is 11.0. The minimum Gasteiger partial charge on any atom is -0.478 e. The zero-order chi connectivity index (χ0) is 14.8. The van der Waals surface area contributed by atoms with Crippen LogP contribution in [0.25, 0.3) is 0 Å². The standard InChI is InChI=1S/C13H16N2O4S/c1-13(5-2-6-20-13)8-14-10-7-9(12(16)17)3-4-11(10)15(18)19/h3-4,7,14H,2,5-6,8H2,1H3,(H,16,17). The summed E-state index contributed by atoms with van der Waals surface area (Å²) in [5, 5.41) is 23.0. The maximum Gasteiger partial charge on any atom is 0.335 e. The van der Waals surface area contributed by atoms with Gasteiger partial charge in [0.05, 0.1) is 10.5 Å². The number of thioether (sulfide) groups is 1. The molecule has 0 bridgehead atoms. The Morgan fingerprint density at radius 3 is 2.90 bits per heavy atom. The predicted octanol–water partition coefficient (Wildman–Crippen LogP) is 2.99. The number of carboxylic acids is 1. The molecule has 2 N–H and O–H groups in total. The summed E-state index contributed by atoms with van der Waals surface area (Å²) >= 11 is 1.84. The molecule has 0 radical (unpaired) electrons. The van der Waals surface area contributed by atoms with Crippen molar-refractivity contribution in [2.45, 2.75) is 24.5 Å². The first-order chi connectivity index (χ1) is 9.41. The average molecular weight is 296 g/mol. The van der Waals surface area contributed by atoms with Crippen LogP contribution in [0.3, 0.4) is 0 Å². The summed E-state index contributed by atoms with van der Waals surface area (Å²) in [6.45, 7) is 2.70. The van der Waals surface area contributed by atoms with E-state index in [-0.39, 0.29) is 21.7 Å². The molecule has 2 rings (SSSR count). The molecule has 0 amide bonds. The summed E-state index contributed by atoms with van der Waals surface area (Å²) in [7, 11) is 0. The molecule has 1 aliphatic heterocycles. The predicted molar refractivity (Wildman–Crippen MR) is 78.6 cm³/mol. The van der Waals surface area contributed by atoms with E-state index in [1.54, 1.807) is 0 Å². The number of nitrogens with one attached hydrogen (secondary N) is 1. The number of aromatic carboxylic acids is 1. The number of benzene rings is 1. The Hall–Kier alpha value is -1.76. The normalized spacial score (nSPS) is 21.6. The fraction of sp³-hybridized carbons (Fsp3) is 0.462. The van der Waals surface area contributed by atoms with Crippen molar-refractivity contribution in [2.75, 3.05) is 17.6 Å². The molecule has 1 aromatic rings. The first-order valence-corrected chi connectivity index (χ1v) is 7.29. The molecule has 7 heteroatoms. The molecule has 1 aliphatic rings. The van der Waals surface area contributed by atoms with Gasteiger partial charge in [-0.05, 0) is 37.7 Å². The van der Waals surface area contributed by atoms with Gasteiger partial charge in [-0.25, -0.2) is 4.79 Å². The summed E-state index contributed by atoms with van der Waals surface area (Å²) in [5.74, 6) is -0.000450. The number of carbonyl (C=O) groups is 1. The van der Waals surface area contributed by atoms with Crippen molar-refractivity contribution < 1.29 is 14.8 Å². The van der Waals surface area contributed by atoms with Crippen LogP contribution in [0.1, 0.15) is 30.1 Å². The molecule has 1 atom stereocenters. The quantitative estimate of drug-likeness (QED) is 0.641. The van der Waals surface area contributed by atoms with E-state index >= 15 is 0 Å². The molecule has 1 aromatic carbocycles. The topological polar surface area (TPSA) is 92.5 Å². The Balaban J connectivity index is 2.21. The van der Waals surface area contributed by atoms with Crippen LogP contribution >= 0.6 is 11.8 Å². The van der Waals surface area contributed by atoms with E-state index in [1.165, 1.54) is 18.2 Å². The van der Waals surface area contributed by atoms with Gasteiger partial charge in [0.25, 0.3) is 5.69 Å². The molecule has 20 heavy (non-hydrogen) atoms. The minimum absolute atomic E-state index is 0.0438. The molecule has 0 saturated carbocycles. The number of nitro benzene ring substituents is 1. The fourth-order valence-electron chi connectivity index (χ4n) is 2.23. The number of nitro groups is 1. The number of carboxylic acid groups (broad SMARTS) is 1. The van der Waals surface area contributed by atoms with Gasteiger partial charge in [-0.3, -0.25) is 10.1 Å². The lowest BCUT2D eigenvalue weighted by Crippen LogP contribution is -2.27. The van der Waals surface area contributed by atoms with Gasteiger partial charge in [0.15, 0.2) is 0 Å². The largest absolute Gasteiger partial charge is 0.478 e. The van der Waals surface area contributed by atoms with Crippen LogP contribution in [-0.4, -0.2) is 33.0 Å². The minimum atomic E-state index is -1.09. The number of anilines is 1. The van der Waals surface area contributed by atoms with Crippen molar-refractivity contribution in [1.82, 2.24) is 0 Å². The van der Waals surface area contributed by atoms with Crippen LogP contribution in [0.15, 0.2) is 18.2 Å². The molecule has 1 heterocycles. The maximum atomic E-state index is 11.0. The van der Waals surface area contributed by atoms with E-state index in [1.807, 2.05) is 11.8 Å². The molecule has 1 saturated heterocycles. The molecule has 0 aromatic heterocycles. The van der Waals surface area contributed by atoms with E-state index in [0.717, 1.165) is 18.6 Å². The van der Waals surface area contributed by atoms with Gasteiger partial charge < -0.3 is 10.4 Å². The van der Waals surface area contributed by atoms with E-state index in [2.05, 4.69) is 12.2 Å². The first-order valence-electron chi connectivity index (χ1n) is 6.31. The number of rotatable bonds is 5. The van der Waals surface area contributed by atoms with Gasteiger partial charge in [-0.15, -0.1) is 0 Å². The van der Waals surface area contributed by atoms with Crippen LogP contribution in [0.2, 0.25) is 0 Å². The molecule has 1 unspecified atom stereocenters. The van der Waals surface area contributed by atoms with Gasteiger partial charge in [0.2, 0.25) is 0 Å². The zero-order valence-corrected chi connectivity index (χ0v) is 11.9. The van der Waals surface area contributed by atoms with E-state index in [9.17, 15) is 14.9 Å². The number of nitrogens with zero attached hydrogens (tertiary/aromatic N) is 1. The highest BCUT2D eigenvalue weighted by molar-refractivity contribution is 8.00. The number of hydrogen-bond donors (Lipinski definition) is 2. The summed E-state index contributed by atoms with van der Waals surface area (Å²) < 4.78 is 0.0487. The Labute approximate surface area is 120 Å². The average Bonchev–Trinajstić information content (AvgIpc) is 2.83. The van der Waals surface area contributed by atoms with Crippen molar-refractivity contribution in [3.63, 3.8) is 0 Å². The summed E-state index contributed by atoms with van der Waals surface area (Å²) in [6.07, 6.45) is 2.19. The Morgan fingerprint density at radius 2 is 2.35 bits per heavy atom. The summed E-state index contributed by atoms with van der Waals surface area (Å²) in [4.78, 5) is 21.4. The van der Waals surface area contributed by atoms with Gasteiger partial charge in [-0.2, -0.15) is 11.8 Å². The second-order valence-electron chi connectivity index (χ2n) is 5.05. The Bertz CT molecular complexity index is 541. The highest BCUT2D eigenvalue weighted by Gasteiger charge is 2.30. The highest BCUT2D eigenvalue weighted by Crippen LogP contribution is 2.38. The highest BCUT2D eigenvalue weighted by atomic mass is 32.2. The van der Waals surface area contributed by atoms with Gasteiger partial charge in [0.1, 0.15) is 5.69 Å². The van der Waals surface area contributed by atoms with Gasteiger partial charge in [-0.1, -0.05) is 0 Å². The first kappa shape index (κ1) is 14.6. The lowest BCUT2D eigenvalue weighted by Gasteiger charge is -2.23. The second kappa shape index (κ2) is 5.70. The monoisotopic (exact) mass is 296 g/mol. The molecular weight excluding hydrogens is 280 g/mol. The van der Waals surface area contributed by atoms with Crippen LogP contribution in [0, 0.1) is 10.1 Å². The summed E-state index contributed by atoms with van der Waals surface area (Å²) in [6, 6.07) is 3.80. The molecular formula is C13H16N2O4S. The smallest absolute Gasteiger partial charge is 0.335 e. The molecule has 0 aliphatic carbocycles. The van der Waals surface area contributed by atoms with E-state index < -0.39 is 10.9 Å². The van der Waals surface area contributed by atoms with E-state index in [0.29, 0.717) is 6.54 Å². The third-order valence-electron chi connectivity index (χ3n) is 3.39. The fourth-order valence-corrected chi connectivity index (χ4v) is 3.47. The second-order valence-corrected chi connectivity index (χ2v) is 6.73. The Kier molecular flexibility index (Phi) is 4.17. The van der Waals surface area contributed by atoms with Crippen molar-refractivity contribution in [1.29, 1.82) is 0 Å². The van der Waals surface area contributed by atoms with E-state index in [4.69, 9.17) is 5.11 Å². The molecule has 6 nitrogen and oxygen atoms in total. The molecule has 1 fully saturated rings. The van der Waals surface area contributed by atoms with Crippen LogP contribution in [0.5, 0.6) is 0 Å².